The molecule has 1 aromatic heterocycles. The van der Waals surface area contributed by atoms with Crippen LogP contribution in [0.2, 0.25) is 0 Å². The van der Waals surface area contributed by atoms with Gasteiger partial charge in [0, 0.05) is 44.5 Å². The van der Waals surface area contributed by atoms with E-state index in [4.69, 9.17) is 4.42 Å². The van der Waals surface area contributed by atoms with Gasteiger partial charge in [-0.2, -0.15) is 0 Å². The molecule has 4 aliphatic rings. The molecule has 0 radical (unpaired) electrons. The molecule has 0 atom stereocenters. The summed E-state index contributed by atoms with van der Waals surface area (Å²) in [5.41, 5.74) is 22.6. The van der Waals surface area contributed by atoms with Crippen LogP contribution in [0.25, 0.3) is 44.2 Å². The Balaban J connectivity index is 1.31. The van der Waals surface area contributed by atoms with E-state index in [-0.39, 0.29) is 23.1 Å². The third-order valence-electron chi connectivity index (χ3n) is 13.8. The quantitative estimate of drug-likeness (QED) is 0.157. The summed E-state index contributed by atoms with van der Waals surface area (Å²) in [6.07, 6.45) is 0. The molecular weight excluding hydrogens is 679 g/mol. The van der Waals surface area contributed by atoms with Gasteiger partial charge in [-0.1, -0.05) is 139 Å². The van der Waals surface area contributed by atoms with Crippen LogP contribution >= 0.6 is 0 Å². The van der Waals surface area contributed by atoms with E-state index >= 15 is 0 Å². The average molecular weight is 723 g/mol. The Hall–Kier alpha value is -6.00. The Labute approximate surface area is 329 Å². The number of hydrogen-bond donors (Lipinski definition) is 0. The van der Waals surface area contributed by atoms with Gasteiger partial charge < -0.3 is 14.1 Å². The number of anilines is 5. The fourth-order valence-electron chi connectivity index (χ4n) is 11.0. The van der Waals surface area contributed by atoms with Gasteiger partial charge in [0.1, 0.15) is 11.2 Å². The smallest absolute Gasteiger partial charge is 0.333 e. The van der Waals surface area contributed by atoms with E-state index in [1.165, 1.54) is 94.8 Å². The highest BCUT2D eigenvalue weighted by atomic mass is 16.3. The molecule has 12 rings (SSSR count). The lowest BCUT2D eigenvalue weighted by Crippen LogP contribution is -2.62. The summed E-state index contributed by atoms with van der Waals surface area (Å²) in [6.45, 7) is 16.5. The van der Waals surface area contributed by atoms with Gasteiger partial charge in [0.25, 0.3) is 0 Å². The van der Waals surface area contributed by atoms with Gasteiger partial charge in [0.05, 0.1) is 11.1 Å². The Morgan fingerprint density at radius 3 is 2.05 bits per heavy atom. The summed E-state index contributed by atoms with van der Waals surface area (Å²) in [4.78, 5) is 5.31. The van der Waals surface area contributed by atoms with Gasteiger partial charge >= 0.3 is 6.85 Å². The van der Waals surface area contributed by atoms with Gasteiger partial charge in [-0.25, -0.2) is 0 Å². The van der Waals surface area contributed by atoms with Gasteiger partial charge in [-0.15, -0.1) is 0 Å². The second-order valence-electron chi connectivity index (χ2n) is 18.5. The van der Waals surface area contributed by atoms with E-state index in [1.807, 2.05) is 0 Å². The maximum absolute atomic E-state index is 6.71. The third kappa shape index (κ3) is 3.85. The molecule has 7 aromatic carbocycles. The van der Waals surface area contributed by atoms with Crippen LogP contribution in [0.5, 0.6) is 0 Å². The largest absolute Gasteiger partial charge is 0.456 e. The van der Waals surface area contributed by atoms with Gasteiger partial charge in [-0.3, -0.25) is 0 Å². The van der Waals surface area contributed by atoms with Crippen LogP contribution in [0.4, 0.5) is 28.4 Å². The van der Waals surface area contributed by atoms with Gasteiger partial charge in [0.2, 0.25) is 0 Å². The highest BCUT2D eigenvalue weighted by molar-refractivity contribution is 6.94. The number of para-hydroxylation sites is 3. The van der Waals surface area contributed by atoms with Crippen molar-refractivity contribution < 1.29 is 4.42 Å². The second-order valence-corrected chi connectivity index (χ2v) is 18.5. The highest BCUT2D eigenvalue weighted by Gasteiger charge is 2.52. The van der Waals surface area contributed by atoms with Crippen LogP contribution in [-0.2, 0) is 16.2 Å². The third-order valence-corrected chi connectivity index (χ3v) is 13.8. The molecule has 0 unspecified atom stereocenters. The molecule has 1 aliphatic carbocycles. The van der Waals surface area contributed by atoms with Crippen LogP contribution < -0.4 is 20.6 Å². The van der Waals surface area contributed by atoms with Gasteiger partial charge in [0.15, 0.2) is 0 Å². The van der Waals surface area contributed by atoms with Crippen molar-refractivity contribution in [2.75, 3.05) is 9.71 Å². The molecule has 0 fully saturated rings. The predicted octanol–water partition coefficient (Wildman–Crippen LogP) is 12.5. The lowest BCUT2D eigenvalue weighted by atomic mass is 9.42. The Morgan fingerprint density at radius 2 is 1.25 bits per heavy atom. The molecule has 0 saturated heterocycles. The first-order valence-electron chi connectivity index (χ1n) is 20.1. The standard InChI is InChI=1S/C52H43BN2O/c1-50(2,3)30-23-25-31(26-24-30)55-48-34(27-28-43-45(48)33-16-9-13-22-42(33)56-43)46-44-32-15-8-10-17-35(32)51(4,5)38(44)29-41-47(46)53(55)39-20-14-19-37-49(39)54(41)40-21-12-11-18-36(40)52(37,6)7/h8-29H,1-7H3. The molecule has 0 N–H and O–H groups in total. The summed E-state index contributed by atoms with van der Waals surface area (Å²) in [5, 5.41) is 2.32. The van der Waals surface area contributed by atoms with E-state index in [2.05, 4.69) is 192 Å². The lowest BCUT2D eigenvalue weighted by Gasteiger charge is -2.51. The number of hydrogen-bond acceptors (Lipinski definition) is 3. The zero-order chi connectivity index (χ0) is 38.0. The predicted molar refractivity (Wildman–Crippen MR) is 236 cm³/mol. The fraction of sp³-hybridized carbons (Fsp3) is 0.192. The first kappa shape index (κ1) is 32.3. The number of furan rings is 1. The number of nitrogens with zero attached hydrogens (tertiary/aromatic N) is 2. The normalized spacial score (nSPS) is 16.3. The van der Waals surface area contributed by atoms with E-state index in [0.29, 0.717) is 0 Å². The molecule has 8 aromatic rings. The molecule has 3 nitrogen and oxygen atoms in total. The molecule has 4 heteroatoms. The van der Waals surface area contributed by atoms with Crippen molar-refractivity contribution in [2.24, 2.45) is 0 Å². The number of fused-ring (bicyclic) bond motifs is 14. The number of rotatable bonds is 1. The van der Waals surface area contributed by atoms with Crippen LogP contribution in [0.15, 0.2) is 138 Å². The topological polar surface area (TPSA) is 19.6 Å². The van der Waals surface area contributed by atoms with Crippen LogP contribution in [-0.4, -0.2) is 6.85 Å². The van der Waals surface area contributed by atoms with Crippen LogP contribution in [0.3, 0.4) is 0 Å². The SMILES string of the molecule is CC(C)(C)c1ccc(N2B3c4cccc5c4N(c4ccccc4C5(C)C)c4cc5c(c(c43)-c3ccc4oc6ccccc6c4c32)-c2ccccc2C5(C)C)cc1. The first-order chi connectivity index (χ1) is 27.0. The van der Waals surface area contributed by atoms with Crippen LogP contribution in [0, 0.1) is 0 Å². The molecule has 4 heterocycles. The summed E-state index contributed by atoms with van der Waals surface area (Å²) < 4.78 is 6.71. The van der Waals surface area contributed by atoms with Crippen molar-refractivity contribution in [3.63, 3.8) is 0 Å². The molecule has 0 amide bonds. The number of benzene rings is 7. The van der Waals surface area contributed by atoms with E-state index in [1.54, 1.807) is 0 Å². The minimum Gasteiger partial charge on any atom is -0.456 e. The summed E-state index contributed by atoms with van der Waals surface area (Å²) in [5.74, 6) is 0. The fourth-order valence-corrected chi connectivity index (χ4v) is 11.0. The molecule has 0 saturated carbocycles. The zero-order valence-electron chi connectivity index (χ0n) is 33.1. The Bertz CT molecular complexity index is 3030. The van der Waals surface area contributed by atoms with Crippen molar-refractivity contribution in [3.05, 3.63) is 161 Å². The van der Waals surface area contributed by atoms with Crippen molar-refractivity contribution in [1.29, 1.82) is 0 Å². The maximum Gasteiger partial charge on any atom is 0.333 e. The molecule has 0 spiro atoms. The molecule has 270 valence electrons. The summed E-state index contributed by atoms with van der Waals surface area (Å²) in [7, 11) is 0. The van der Waals surface area contributed by atoms with Crippen molar-refractivity contribution in [1.82, 2.24) is 0 Å². The lowest BCUT2D eigenvalue weighted by molar-refractivity contribution is 0.590. The van der Waals surface area contributed by atoms with Crippen LogP contribution in [0.1, 0.15) is 76.3 Å². The average Bonchev–Trinajstić information content (AvgIpc) is 3.69. The molecule has 56 heavy (non-hydrogen) atoms. The summed E-state index contributed by atoms with van der Waals surface area (Å²) >= 11 is 0. The van der Waals surface area contributed by atoms with Crippen molar-refractivity contribution >= 4 is 68.1 Å². The van der Waals surface area contributed by atoms with E-state index in [9.17, 15) is 0 Å². The monoisotopic (exact) mass is 722 g/mol. The first-order valence-corrected chi connectivity index (χ1v) is 20.1. The Morgan fingerprint density at radius 1 is 0.554 bits per heavy atom. The zero-order valence-corrected chi connectivity index (χ0v) is 33.1. The highest BCUT2D eigenvalue weighted by Crippen LogP contribution is 2.61. The molecule has 3 aliphatic heterocycles. The maximum atomic E-state index is 6.71. The van der Waals surface area contributed by atoms with Crippen molar-refractivity contribution in [3.8, 4) is 22.3 Å². The minimum absolute atomic E-state index is 0.0374. The van der Waals surface area contributed by atoms with Crippen molar-refractivity contribution in [2.45, 2.75) is 64.7 Å². The Kier molecular flexibility index (Phi) is 6.02. The van der Waals surface area contributed by atoms with E-state index in [0.717, 1.165) is 16.6 Å². The van der Waals surface area contributed by atoms with E-state index < -0.39 is 0 Å². The second kappa shape index (κ2) is 10.4. The molecular formula is C52H43BN2O. The summed E-state index contributed by atoms with van der Waals surface area (Å²) in [6, 6.07) is 50.5. The minimum atomic E-state index is -0.190. The molecule has 0 bridgehead atoms. The van der Waals surface area contributed by atoms with Gasteiger partial charge in [-0.05, 0) is 103 Å².